The number of halogens is 1. The van der Waals surface area contributed by atoms with E-state index in [-0.39, 0.29) is 6.10 Å². The Morgan fingerprint density at radius 2 is 2.40 bits per heavy atom. The van der Waals surface area contributed by atoms with Gasteiger partial charge in [0.1, 0.15) is 6.10 Å². The Kier molecular flexibility index (Phi) is 3.56. The predicted molar refractivity (Wildman–Crippen MR) is 60.3 cm³/mol. The lowest BCUT2D eigenvalue weighted by Crippen LogP contribution is -2.42. The van der Waals surface area contributed by atoms with E-state index >= 15 is 0 Å². The van der Waals surface area contributed by atoms with Crippen LogP contribution in [0, 0.1) is 0 Å². The van der Waals surface area contributed by atoms with Crippen molar-refractivity contribution < 1.29 is 4.74 Å². The molecule has 2 heterocycles. The maximum absolute atomic E-state index is 5.75. The summed E-state index contributed by atoms with van der Waals surface area (Å²) in [4.78, 5) is 6.51. The van der Waals surface area contributed by atoms with Crippen LogP contribution in [0.25, 0.3) is 0 Å². The summed E-state index contributed by atoms with van der Waals surface area (Å²) >= 11 is 6.97. The first-order valence-electron chi connectivity index (χ1n) is 5.01. The zero-order valence-corrected chi connectivity index (χ0v) is 10.4. The van der Waals surface area contributed by atoms with Gasteiger partial charge in [-0.15, -0.1) is 0 Å². The van der Waals surface area contributed by atoms with Gasteiger partial charge in [-0.05, 0) is 37.0 Å². The molecule has 1 aromatic rings. The third-order valence-corrected chi connectivity index (χ3v) is 3.34. The first-order valence-corrected chi connectivity index (χ1v) is 6.16. The molecule has 2 rings (SSSR count). The number of rotatable bonds is 2. The topological polar surface area (TPSA) is 38.2 Å². The number of nitrogens with zero attached hydrogens (tertiary/aromatic N) is 3. The molecule has 84 valence electrons. The second kappa shape index (κ2) is 4.74. The van der Waals surface area contributed by atoms with E-state index < -0.39 is 0 Å². The molecule has 6 heteroatoms. The quantitative estimate of drug-likeness (QED) is 0.801. The SMILES string of the molecule is CC(C)N1CCOC(c2nsc(Cl)n2)C1. The molecule has 0 radical (unpaired) electrons. The standard InChI is InChI=1S/C9H14ClN3OS/c1-6(2)13-3-4-14-7(5-13)8-11-9(10)15-12-8/h6-7H,3-5H2,1-2H3. The fourth-order valence-electron chi connectivity index (χ4n) is 1.64. The summed E-state index contributed by atoms with van der Waals surface area (Å²) in [7, 11) is 0. The monoisotopic (exact) mass is 247 g/mol. The highest BCUT2D eigenvalue weighted by atomic mass is 35.5. The number of morpholine rings is 1. The van der Waals surface area contributed by atoms with Crippen LogP contribution in [-0.4, -0.2) is 40.0 Å². The summed E-state index contributed by atoms with van der Waals surface area (Å²) in [6.07, 6.45) is -0.0232. The van der Waals surface area contributed by atoms with Gasteiger partial charge >= 0.3 is 0 Å². The van der Waals surface area contributed by atoms with Crippen molar-refractivity contribution in [3.8, 4) is 0 Å². The Hall–Kier alpha value is -0.230. The van der Waals surface area contributed by atoms with Gasteiger partial charge in [0.2, 0.25) is 4.47 Å². The minimum atomic E-state index is -0.0232. The number of aromatic nitrogens is 2. The van der Waals surface area contributed by atoms with Crippen LogP contribution in [0.5, 0.6) is 0 Å². The Morgan fingerprint density at radius 3 is 3.00 bits per heavy atom. The van der Waals surface area contributed by atoms with Gasteiger partial charge in [-0.1, -0.05) is 0 Å². The lowest BCUT2D eigenvalue weighted by atomic mass is 10.2. The third kappa shape index (κ3) is 2.66. The summed E-state index contributed by atoms with van der Waals surface area (Å²) in [5, 5.41) is 0. The summed E-state index contributed by atoms with van der Waals surface area (Å²) in [5.74, 6) is 0.718. The van der Waals surface area contributed by atoms with Crippen LogP contribution in [0.3, 0.4) is 0 Å². The smallest absolute Gasteiger partial charge is 0.203 e. The zero-order chi connectivity index (χ0) is 10.8. The van der Waals surface area contributed by atoms with Crippen molar-refractivity contribution in [3.05, 3.63) is 10.3 Å². The van der Waals surface area contributed by atoms with Gasteiger partial charge in [0.25, 0.3) is 0 Å². The molecule has 0 saturated carbocycles. The lowest BCUT2D eigenvalue weighted by molar-refractivity contribution is -0.0437. The van der Waals surface area contributed by atoms with Crippen molar-refractivity contribution in [3.63, 3.8) is 0 Å². The van der Waals surface area contributed by atoms with E-state index in [1.165, 1.54) is 11.5 Å². The summed E-state index contributed by atoms with van der Waals surface area (Å²) in [5.41, 5.74) is 0. The van der Waals surface area contributed by atoms with Gasteiger partial charge < -0.3 is 4.74 Å². The highest BCUT2D eigenvalue weighted by molar-refractivity contribution is 7.10. The van der Waals surface area contributed by atoms with Crippen molar-refractivity contribution in [2.45, 2.75) is 26.0 Å². The van der Waals surface area contributed by atoms with E-state index in [0.717, 1.165) is 25.5 Å². The van der Waals surface area contributed by atoms with Crippen LogP contribution < -0.4 is 0 Å². The minimum absolute atomic E-state index is 0.0232. The van der Waals surface area contributed by atoms with Crippen molar-refractivity contribution >= 4 is 23.1 Å². The fourth-order valence-corrected chi connectivity index (χ4v) is 2.29. The maximum Gasteiger partial charge on any atom is 0.203 e. The average molecular weight is 248 g/mol. The molecule has 15 heavy (non-hydrogen) atoms. The molecule has 0 N–H and O–H groups in total. The van der Waals surface area contributed by atoms with Gasteiger partial charge in [0.15, 0.2) is 5.82 Å². The van der Waals surface area contributed by atoms with Crippen LogP contribution in [0.4, 0.5) is 0 Å². The highest BCUT2D eigenvalue weighted by Gasteiger charge is 2.26. The van der Waals surface area contributed by atoms with Crippen LogP contribution in [-0.2, 0) is 4.74 Å². The van der Waals surface area contributed by atoms with Crippen molar-refractivity contribution in [2.75, 3.05) is 19.7 Å². The molecule has 1 aliphatic heterocycles. The fraction of sp³-hybridized carbons (Fsp3) is 0.778. The van der Waals surface area contributed by atoms with Crippen molar-refractivity contribution in [1.82, 2.24) is 14.3 Å². The van der Waals surface area contributed by atoms with E-state index in [9.17, 15) is 0 Å². The van der Waals surface area contributed by atoms with E-state index in [0.29, 0.717) is 10.5 Å². The summed E-state index contributed by atoms with van der Waals surface area (Å²) < 4.78 is 10.3. The zero-order valence-electron chi connectivity index (χ0n) is 8.81. The van der Waals surface area contributed by atoms with Crippen LogP contribution >= 0.6 is 23.1 Å². The highest BCUT2D eigenvalue weighted by Crippen LogP contribution is 2.23. The molecule has 0 amide bonds. The Bertz CT molecular complexity index is 331. The second-order valence-electron chi connectivity index (χ2n) is 3.85. The van der Waals surface area contributed by atoms with E-state index in [4.69, 9.17) is 16.3 Å². The van der Waals surface area contributed by atoms with Gasteiger partial charge in [0, 0.05) is 19.1 Å². The summed E-state index contributed by atoms with van der Waals surface area (Å²) in [6, 6.07) is 0.533. The molecular weight excluding hydrogens is 234 g/mol. The first kappa shape index (κ1) is 11.3. The molecule has 0 aliphatic carbocycles. The molecular formula is C9H14ClN3OS. The maximum atomic E-state index is 5.75. The Balaban J connectivity index is 2.04. The van der Waals surface area contributed by atoms with Crippen LogP contribution in [0.2, 0.25) is 4.47 Å². The normalized spacial score (nSPS) is 23.6. The van der Waals surface area contributed by atoms with Crippen molar-refractivity contribution in [2.24, 2.45) is 0 Å². The van der Waals surface area contributed by atoms with E-state index in [2.05, 4.69) is 28.1 Å². The summed E-state index contributed by atoms with van der Waals surface area (Å²) in [6.45, 7) is 6.93. The third-order valence-electron chi connectivity index (χ3n) is 2.53. The molecule has 1 aromatic heterocycles. The molecule has 0 bridgehead atoms. The predicted octanol–water partition coefficient (Wildman–Crippen LogP) is 1.97. The van der Waals surface area contributed by atoms with Crippen LogP contribution in [0.15, 0.2) is 0 Å². The van der Waals surface area contributed by atoms with E-state index in [1.54, 1.807) is 0 Å². The first-order chi connectivity index (χ1) is 7.16. The molecule has 0 aromatic carbocycles. The van der Waals surface area contributed by atoms with Crippen LogP contribution in [0.1, 0.15) is 25.8 Å². The number of hydrogen-bond donors (Lipinski definition) is 0. The molecule has 1 saturated heterocycles. The molecule has 4 nitrogen and oxygen atoms in total. The number of ether oxygens (including phenoxy) is 1. The molecule has 1 atom stereocenters. The van der Waals surface area contributed by atoms with Crippen molar-refractivity contribution in [1.29, 1.82) is 0 Å². The largest absolute Gasteiger partial charge is 0.367 e. The van der Waals surface area contributed by atoms with Gasteiger partial charge in [-0.25, -0.2) is 4.98 Å². The Morgan fingerprint density at radius 1 is 1.60 bits per heavy atom. The van der Waals surface area contributed by atoms with Gasteiger partial charge in [0.05, 0.1) is 6.61 Å². The van der Waals surface area contributed by atoms with Gasteiger partial charge in [-0.3, -0.25) is 4.90 Å². The number of hydrogen-bond acceptors (Lipinski definition) is 5. The molecule has 1 fully saturated rings. The molecule has 1 unspecified atom stereocenters. The Labute approximate surface area is 98.4 Å². The van der Waals surface area contributed by atoms with E-state index in [1.807, 2.05) is 0 Å². The second-order valence-corrected chi connectivity index (χ2v) is 5.19. The average Bonchev–Trinajstić information content (AvgIpc) is 2.65. The lowest BCUT2D eigenvalue weighted by Gasteiger charge is -2.34. The van der Waals surface area contributed by atoms with Gasteiger partial charge in [-0.2, -0.15) is 4.37 Å². The minimum Gasteiger partial charge on any atom is -0.367 e. The molecule has 1 aliphatic rings. The molecule has 0 spiro atoms.